The molecular weight excluding hydrogens is 262 g/mol. The summed E-state index contributed by atoms with van der Waals surface area (Å²) in [7, 11) is 0. The molecule has 2 N–H and O–H groups in total. The van der Waals surface area contributed by atoms with Crippen molar-refractivity contribution in [3.63, 3.8) is 0 Å². The normalized spacial score (nSPS) is 18.7. The van der Waals surface area contributed by atoms with Crippen LogP contribution in [0.2, 0.25) is 0 Å². The Hall–Kier alpha value is -1.20. The Balaban J connectivity index is 0.00000162. The molecule has 1 aromatic carbocycles. The van der Waals surface area contributed by atoms with Gasteiger partial charge in [0, 0.05) is 25.2 Å². The molecule has 1 aliphatic rings. The molecule has 0 bridgehead atoms. The Morgan fingerprint density at radius 1 is 1.39 bits per heavy atom. The zero-order chi connectivity index (χ0) is 12.6. The molecule has 0 unspecified atom stereocenters. The van der Waals surface area contributed by atoms with E-state index in [0.29, 0.717) is 19.5 Å². The van der Waals surface area contributed by atoms with Crippen LogP contribution in [0.1, 0.15) is 22.3 Å². The van der Waals surface area contributed by atoms with Gasteiger partial charge in [-0.2, -0.15) is 0 Å². The molecule has 1 atom stereocenters. The molecule has 0 saturated carbocycles. The zero-order valence-corrected chi connectivity index (χ0v) is 10.8. The van der Waals surface area contributed by atoms with Gasteiger partial charge in [0.15, 0.2) is 0 Å². The van der Waals surface area contributed by atoms with E-state index >= 15 is 0 Å². The molecule has 0 radical (unpaired) electrons. The molecule has 1 aromatic rings. The summed E-state index contributed by atoms with van der Waals surface area (Å²) in [5, 5.41) is 0. The van der Waals surface area contributed by atoms with Gasteiger partial charge in [-0.3, -0.25) is 4.79 Å². The highest BCUT2D eigenvalue weighted by Crippen LogP contribution is 2.18. The van der Waals surface area contributed by atoms with Crippen LogP contribution in [-0.4, -0.2) is 29.9 Å². The second kappa shape index (κ2) is 5.63. The Morgan fingerprint density at radius 3 is 2.61 bits per heavy atom. The topological polar surface area (TPSA) is 46.3 Å². The number of carbonyl (C=O) groups is 1. The largest absolute Gasteiger partial charge is 0.337 e. The highest BCUT2D eigenvalue weighted by atomic mass is 35.5. The van der Waals surface area contributed by atoms with Gasteiger partial charge in [0.1, 0.15) is 11.6 Å². The van der Waals surface area contributed by atoms with Crippen molar-refractivity contribution in [1.29, 1.82) is 0 Å². The van der Waals surface area contributed by atoms with Crippen molar-refractivity contribution in [1.82, 2.24) is 4.90 Å². The van der Waals surface area contributed by atoms with Crippen LogP contribution in [-0.2, 0) is 0 Å². The molecule has 1 fully saturated rings. The third-order valence-corrected chi connectivity index (χ3v) is 2.99. The van der Waals surface area contributed by atoms with E-state index in [1.54, 1.807) is 0 Å². The van der Waals surface area contributed by atoms with Crippen molar-refractivity contribution in [2.45, 2.75) is 19.4 Å². The summed E-state index contributed by atoms with van der Waals surface area (Å²) in [5.74, 6) is -1.88. The standard InChI is InChI=1S/C12H14F2N2O.ClH/c1-7-4-9(11(14)5-10(7)13)12(17)16-3-2-8(15)6-16;/h4-5,8H,2-3,6,15H2,1H3;1H/t8-;/m1./s1. The molecule has 100 valence electrons. The lowest BCUT2D eigenvalue weighted by molar-refractivity contribution is 0.0786. The number of aryl methyl sites for hydroxylation is 1. The lowest BCUT2D eigenvalue weighted by Crippen LogP contribution is -2.32. The Morgan fingerprint density at radius 2 is 2.06 bits per heavy atom. The third kappa shape index (κ3) is 2.79. The van der Waals surface area contributed by atoms with Crippen molar-refractivity contribution >= 4 is 18.3 Å². The van der Waals surface area contributed by atoms with Crippen molar-refractivity contribution in [3.8, 4) is 0 Å². The van der Waals surface area contributed by atoms with E-state index in [-0.39, 0.29) is 29.6 Å². The van der Waals surface area contributed by atoms with Gasteiger partial charge in [-0.15, -0.1) is 12.4 Å². The lowest BCUT2D eigenvalue weighted by atomic mass is 10.1. The van der Waals surface area contributed by atoms with Crippen LogP contribution < -0.4 is 5.73 Å². The van der Waals surface area contributed by atoms with E-state index in [2.05, 4.69) is 0 Å². The first-order valence-electron chi connectivity index (χ1n) is 5.49. The molecule has 1 saturated heterocycles. The first kappa shape index (κ1) is 14.9. The fourth-order valence-corrected chi connectivity index (χ4v) is 1.96. The Labute approximate surface area is 110 Å². The molecule has 2 rings (SSSR count). The van der Waals surface area contributed by atoms with Crippen molar-refractivity contribution in [3.05, 3.63) is 34.9 Å². The van der Waals surface area contributed by atoms with Crippen LogP contribution in [0, 0.1) is 18.6 Å². The van der Waals surface area contributed by atoms with Gasteiger partial charge in [-0.25, -0.2) is 8.78 Å². The van der Waals surface area contributed by atoms with Crippen LogP contribution in [0.15, 0.2) is 12.1 Å². The quantitative estimate of drug-likeness (QED) is 0.851. The van der Waals surface area contributed by atoms with Crippen LogP contribution in [0.5, 0.6) is 0 Å². The molecule has 6 heteroatoms. The monoisotopic (exact) mass is 276 g/mol. The number of amides is 1. The summed E-state index contributed by atoms with van der Waals surface area (Å²) in [6.07, 6.45) is 0.716. The predicted octanol–water partition coefficient (Wildman–Crippen LogP) is 1.87. The molecule has 18 heavy (non-hydrogen) atoms. The van der Waals surface area contributed by atoms with E-state index in [1.165, 1.54) is 17.9 Å². The van der Waals surface area contributed by atoms with Crippen LogP contribution in [0.4, 0.5) is 8.78 Å². The maximum absolute atomic E-state index is 13.5. The molecule has 0 aromatic heterocycles. The smallest absolute Gasteiger partial charge is 0.256 e. The van der Waals surface area contributed by atoms with Crippen molar-refractivity contribution in [2.24, 2.45) is 5.73 Å². The Bertz CT molecular complexity index is 468. The van der Waals surface area contributed by atoms with Gasteiger partial charge in [0.25, 0.3) is 5.91 Å². The van der Waals surface area contributed by atoms with E-state index < -0.39 is 17.5 Å². The maximum Gasteiger partial charge on any atom is 0.256 e. The second-order valence-corrected chi connectivity index (χ2v) is 4.38. The van der Waals surface area contributed by atoms with Crippen molar-refractivity contribution < 1.29 is 13.6 Å². The number of likely N-dealkylation sites (tertiary alicyclic amines) is 1. The summed E-state index contributed by atoms with van der Waals surface area (Å²) in [6.45, 7) is 2.45. The number of nitrogens with zero attached hydrogens (tertiary/aromatic N) is 1. The van der Waals surface area contributed by atoms with E-state index in [0.717, 1.165) is 6.07 Å². The number of hydrogen-bond acceptors (Lipinski definition) is 2. The van der Waals surface area contributed by atoms with Gasteiger partial charge in [0.2, 0.25) is 0 Å². The van der Waals surface area contributed by atoms with Gasteiger partial charge < -0.3 is 10.6 Å². The van der Waals surface area contributed by atoms with E-state index in [1.807, 2.05) is 0 Å². The highest BCUT2D eigenvalue weighted by molar-refractivity contribution is 5.94. The third-order valence-electron chi connectivity index (χ3n) is 2.99. The first-order valence-corrected chi connectivity index (χ1v) is 5.49. The minimum atomic E-state index is -0.821. The molecule has 1 heterocycles. The lowest BCUT2D eigenvalue weighted by Gasteiger charge is -2.16. The number of benzene rings is 1. The first-order chi connectivity index (χ1) is 7.99. The van der Waals surface area contributed by atoms with Crippen molar-refractivity contribution in [2.75, 3.05) is 13.1 Å². The fraction of sp³-hybridized carbons (Fsp3) is 0.417. The molecule has 3 nitrogen and oxygen atoms in total. The average molecular weight is 277 g/mol. The highest BCUT2D eigenvalue weighted by Gasteiger charge is 2.26. The summed E-state index contributed by atoms with van der Waals surface area (Å²) in [6, 6.07) is 1.94. The van der Waals surface area contributed by atoms with Crippen LogP contribution in [0.3, 0.4) is 0 Å². The molecule has 1 aliphatic heterocycles. The minimum absolute atomic E-state index is 0. The number of hydrogen-bond donors (Lipinski definition) is 1. The predicted molar refractivity (Wildman–Crippen MR) is 66.8 cm³/mol. The summed E-state index contributed by atoms with van der Waals surface area (Å²) < 4.78 is 26.6. The second-order valence-electron chi connectivity index (χ2n) is 4.38. The molecule has 1 amide bonds. The van der Waals surface area contributed by atoms with Gasteiger partial charge in [-0.05, 0) is 25.0 Å². The number of halogens is 3. The fourth-order valence-electron chi connectivity index (χ4n) is 1.96. The number of carbonyl (C=O) groups excluding carboxylic acids is 1. The molecular formula is C12H15ClF2N2O. The SMILES string of the molecule is Cc1cc(C(=O)N2CC[C@@H](N)C2)c(F)cc1F.Cl. The van der Waals surface area contributed by atoms with Gasteiger partial charge in [-0.1, -0.05) is 0 Å². The summed E-state index contributed by atoms with van der Waals surface area (Å²) >= 11 is 0. The zero-order valence-electron chi connectivity index (χ0n) is 9.95. The van der Waals surface area contributed by atoms with Crippen LogP contribution >= 0.6 is 12.4 Å². The molecule has 0 aliphatic carbocycles. The summed E-state index contributed by atoms with van der Waals surface area (Å²) in [5.41, 5.74) is 5.86. The Kier molecular flexibility index (Phi) is 4.65. The van der Waals surface area contributed by atoms with Gasteiger partial charge >= 0.3 is 0 Å². The van der Waals surface area contributed by atoms with Gasteiger partial charge in [0.05, 0.1) is 5.56 Å². The van der Waals surface area contributed by atoms with E-state index in [9.17, 15) is 13.6 Å². The summed E-state index contributed by atoms with van der Waals surface area (Å²) in [4.78, 5) is 13.5. The molecule has 0 spiro atoms. The minimum Gasteiger partial charge on any atom is -0.337 e. The number of rotatable bonds is 1. The average Bonchev–Trinajstić information content (AvgIpc) is 2.69. The van der Waals surface area contributed by atoms with E-state index in [4.69, 9.17) is 5.73 Å². The maximum atomic E-state index is 13.5. The van der Waals surface area contributed by atoms with Crippen LogP contribution in [0.25, 0.3) is 0 Å². The number of nitrogens with two attached hydrogens (primary N) is 1.